The molecule has 0 aliphatic carbocycles. The van der Waals surface area contributed by atoms with E-state index in [9.17, 15) is 0 Å². The zero-order valence-electron chi connectivity index (χ0n) is 8.65. The maximum atomic E-state index is 5.62. The number of alkyl halides is 1. The first-order valence-corrected chi connectivity index (χ1v) is 6.63. The van der Waals surface area contributed by atoms with Gasteiger partial charge >= 0.3 is 6.01 Å². The molecule has 0 N–H and O–H groups in total. The van der Waals surface area contributed by atoms with E-state index < -0.39 is 0 Å². The summed E-state index contributed by atoms with van der Waals surface area (Å²) in [5, 5.41) is 8.57. The first-order valence-electron chi connectivity index (χ1n) is 5.04. The maximum Gasteiger partial charge on any atom is 0.318 e. The Kier molecular flexibility index (Phi) is 3.75. The highest BCUT2D eigenvalue weighted by molar-refractivity contribution is 7.99. The fraction of sp³-hybridized carbons (Fsp3) is 0.778. The van der Waals surface area contributed by atoms with Crippen LogP contribution in [0.5, 0.6) is 0 Å². The largest absolute Gasteiger partial charge is 0.407 e. The van der Waals surface area contributed by atoms with E-state index in [2.05, 4.69) is 22.0 Å². The highest BCUT2D eigenvalue weighted by atomic mass is 35.5. The van der Waals surface area contributed by atoms with Crippen LogP contribution in [0.2, 0.25) is 0 Å². The van der Waals surface area contributed by atoms with Gasteiger partial charge in [-0.15, -0.1) is 16.7 Å². The van der Waals surface area contributed by atoms with E-state index in [1.54, 1.807) is 0 Å². The summed E-state index contributed by atoms with van der Waals surface area (Å²) in [7, 11) is 0. The number of hydrogen-bond donors (Lipinski definition) is 0. The van der Waals surface area contributed by atoms with Gasteiger partial charge in [-0.1, -0.05) is 12.0 Å². The Hall–Kier alpha value is -0.420. The summed E-state index contributed by atoms with van der Waals surface area (Å²) in [5.41, 5.74) is 0. The van der Waals surface area contributed by atoms with Gasteiger partial charge in [0.1, 0.15) is 5.88 Å². The van der Waals surface area contributed by atoms with E-state index in [0.29, 0.717) is 17.2 Å². The predicted octanol–water partition coefficient (Wildman–Crippen LogP) is 2.14. The third-order valence-electron chi connectivity index (χ3n) is 2.41. The van der Waals surface area contributed by atoms with Gasteiger partial charge in [0.05, 0.1) is 0 Å². The molecule has 1 aromatic rings. The zero-order valence-corrected chi connectivity index (χ0v) is 10.2. The van der Waals surface area contributed by atoms with Crippen LogP contribution >= 0.6 is 23.4 Å². The van der Waals surface area contributed by atoms with E-state index in [1.807, 2.05) is 11.8 Å². The molecule has 1 saturated heterocycles. The number of nitrogens with zero attached hydrogens (tertiary/aromatic N) is 3. The highest BCUT2D eigenvalue weighted by Gasteiger charge is 2.18. The number of hydrogen-bond acceptors (Lipinski definition) is 5. The molecule has 15 heavy (non-hydrogen) atoms. The second kappa shape index (κ2) is 5.07. The van der Waals surface area contributed by atoms with Crippen molar-refractivity contribution >= 4 is 29.4 Å². The van der Waals surface area contributed by atoms with Crippen LogP contribution < -0.4 is 4.90 Å². The fourth-order valence-corrected chi connectivity index (χ4v) is 2.62. The van der Waals surface area contributed by atoms with Crippen molar-refractivity contribution in [2.75, 3.05) is 23.7 Å². The van der Waals surface area contributed by atoms with Crippen LogP contribution in [0, 0.1) is 0 Å². The van der Waals surface area contributed by atoms with Crippen molar-refractivity contribution in [2.24, 2.45) is 0 Å². The van der Waals surface area contributed by atoms with Crippen LogP contribution in [0.15, 0.2) is 4.42 Å². The highest BCUT2D eigenvalue weighted by Crippen LogP contribution is 2.22. The standard InChI is InChI=1S/C9H14ClN3OS/c1-7-2-3-13(4-5-15-7)9-12-11-8(6-10)14-9/h7H,2-6H2,1H3. The Balaban J connectivity index is 2.03. The number of rotatable bonds is 2. The Bertz CT molecular complexity index is 320. The van der Waals surface area contributed by atoms with Crippen molar-refractivity contribution < 1.29 is 4.42 Å². The third kappa shape index (κ3) is 2.78. The average Bonchev–Trinajstić information content (AvgIpc) is 2.62. The molecule has 6 heteroatoms. The van der Waals surface area contributed by atoms with E-state index in [0.717, 1.165) is 25.3 Å². The molecule has 1 unspecified atom stereocenters. The molecule has 1 atom stereocenters. The normalized spacial score (nSPS) is 22.8. The number of halogens is 1. The number of thioether (sulfide) groups is 1. The second-order valence-electron chi connectivity index (χ2n) is 3.57. The van der Waals surface area contributed by atoms with Crippen LogP contribution in [0.25, 0.3) is 0 Å². The molecule has 2 rings (SSSR count). The first-order chi connectivity index (χ1) is 7.29. The van der Waals surface area contributed by atoms with E-state index in [4.69, 9.17) is 16.0 Å². The van der Waals surface area contributed by atoms with Gasteiger partial charge in [-0.3, -0.25) is 0 Å². The lowest BCUT2D eigenvalue weighted by atomic mass is 10.3. The lowest BCUT2D eigenvalue weighted by Gasteiger charge is -2.16. The van der Waals surface area contributed by atoms with E-state index in [1.165, 1.54) is 0 Å². The Morgan fingerprint density at radius 2 is 2.40 bits per heavy atom. The van der Waals surface area contributed by atoms with Gasteiger partial charge in [0.2, 0.25) is 5.89 Å². The van der Waals surface area contributed by atoms with Crippen LogP contribution in [0.4, 0.5) is 6.01 Å². The molecule has 84 valence electrons. The summed E-state index contributed by atoms with van der Waals surface area (Å²) in [6.45, 7) is 4.21. The Morgan fingerprint density at radius 1 is 1.53 bits per heavy atom. The summed E-state index contributed by atoms with van der Waals surface area (Å²) < 4.78 is 5.43. The topological polar surface area (TPSA) is 42.2 Å². The van der Waals surface area contributed by atoms with Gasteiger partial charge < -0.3 is 9.32 Å². The Labute approximate surface area is 98.4 Å². The molecule has 1 aromatic heterocycles. The molecule has 0 bridgehead atoms. The smallest absolute Gasteiger partial charge is 0.318 e. The van der Waals surface area contributed by atoms with Crippen molar-refractivity contribution in [2.45, 2.75) is 24.5 Å². The van der Waals surface area contributed by atoms with E-state index in [-0.39, 0.29) is 5.88 Å². The summed E-state index contributed by atoms with van der Waals surface area (Å²) in [6.07, 6.45) is 1.16. The molecule has 1 fully saturated rings. The molecular formula is C9H14ClN3OS. The third-order valence-corrected chi connectivity index (χ3v) is 3.86. The van der Waals surface area contributed by atoms with E-state index >= 15 is 0 Å². The summed E-state index contributed by atoms with van der Waals surface area (Å²) in [5.74, 6) is 1.89. The molecular weight excluding hydrogens is 234 g/mol. The second-order valence-corrected chi connectivity index (χ2v) is 5.38. The Morgan fingerprint density at radius 3 is 3.13 bits per heavy atom. The first kappa shape index (κ1) is 11.1. The van der Waals surface area contributed by atoms with Crippen LogP contribution in [0.3, 0.4) is 0 Å². The number of anilines is 1. The molecule has 0 amide bonds. The molecule has 1 aliphatic heterocycles. The summed E-state index contributed by atoms with van der Waals surface area (Å²) in [4.78, 5) is 2.14. The molecule has 1 aliphatic rings. The van der Waals surface area contributed by atoms with Crippen LogP contribution in [0.1, 0.15) is 19.2 Å². The molecule has 0 saturated carbocycles. The van der Waals surface area contributed by atoms with Crippen molar-refractivity contribution in [1.29, 1.82) is 0 Å². The van der Waals surface area contributed by atoms with Gasteiger partial charge in [0.25, 0.3) is 0 Å². The lowest BCUT2D eigenvalue weighted by molar-refractivity contribution is 0.500. The van der Waals surface area contributed by atoms with Crippen molar-refractivity contribution in [1.82, 2.24) is 10.2 Å². The van der Waals surface area contributed by atoms with Gasteiger partial charge in [-0.05, 0) is 6.42 Å². The van der Waals surface area contributed by atoms with Crippen LogP contribution in [-0.2, 0) is 5.88 Å². The monoisotopic (exact) mass is 247 g/mol. The minimum Gasteiger partial charge on any atom is -0.407 e. The molecule has 4 nitrogen and oxygen atoms in total. The van der Waals surface area contributed by atoms with Gasteiger partial charge in [0, 0.05) is 24.1 Å². The van der Waals surface area contributed by atoms with Crippen molar-refractivity contribution in [3.8, 4) is 0 Å². The molecule has 0 radical (unpaired) electrons. The molecule has 0 aromatic carbocycles. The summed E-state index contributed by atoms with van der Waals surface area (Å²) >= 11 is 7.61. The zero-order chi connectivity index (χ0) is 10.7. The quantitative estimate of drug-likeness (QED) is 0.749. The van der Waals surface area contributed by atoms with Gasteiger partial charge in [0.15, 0.2) is 0 Å². The van der Waals surface area contributed by atoms with Crippen LogP contribution in [-0.4, -0.2) is 34.3 Å². The molecule has 2 heterocycles. The predicted molar refractivity (Wildman–Crippen MR) is 62.6 cm³/mol. The van der Waals surface area contributed by atoms with Crippen molar-refractivity contribution in [3.63, 3.8) is 0 Å². The van der Waals surface area contributed by atoms with Gasteiger partial charge in [-0.2, -0.15) is 11.8 Å². The minimum atomic E-state index is 0.284. The summed E-state index contributed by atoms with van der Waals surface area (Å²) in [6, 6.07) is 0.611. The molecule has 0 spiro atoms. The fourth-order valence-electron chi connectivity index (χ4n) is 1.51. The maximum absolute atomic E-state index is 5.62. The average molecular weight is 248 g/mol. The van der Waals surface area contributed by atoms with Gasteiger partial charge in [-0.25, -0.2) is 0 Å². The SMILES string of the molecule is CC1CCN(c2nnc(CCl)o2)CCS1. The van der Waals surface area contributed by atoms with Crippen molar-refractivity contribution in [3.05, 3.63) is 5.89 Å². The lowest BCUT2D eigenvalue weighted by Crippen LogP contribution is -2.25. The minimum absolute atomic E-state index is 0.284. The number of aromatic nitrogens is 2.